The molecule has 0 heterocycles. The van der Waals surface area contributed by atoms with E-state index in [0.29, 0.717) is 25.7 Å². The first-order chi connectivity index (χ1) is 7.96. The average molecular weight is 307 g/mol. The molecule has 0 unspecified atom stereocenters. The molecule has 0 spiro atoms. The minimum Gasteiger partial charge on any atom is -0.385 e. The lowest BCUT2D eigenvalue weighted by Crippen LogP contribution is -2.28. The van der Waals surface area contributed by atoms with Crippen LogP contribution in [0.1, 0.15) is 45.1 Å². The largest absolute Gasteiger partial charge is 0.385 e. The molecular formula is C13H17BrF2O. The van der Waals surface area contributed by atoms with E-state index >= 15 is 0 Å². The van der Waals surface area contributed by atoms with Gasteiger partial charge < -0.3 is 5.11 Å². The van der Waals surface area contributed by atoms with Crippen molar-refractivity contribution < 1.29 is 13.9 Å². The maximum Gasteiger partial charge on any atom is 0.146 e. The smallest absolute Gasteiger partial charge is 0.146 e. The van der Waals surface area contributed by atoms with Crippen molar-refractivity contribution in [2.24, 2.45) is 0 Å². The molecule has 0 aromatic heterocycles. The third-order valence-corrected chi connectivity index (χ3v) is 3.45. The van der Waals surface area contributed by atoms with E-state index in [2.05, 4.69) is 15.9 Å². The van der Waals surface area contributed by atoms with Crippen molar-refractivity contribution >= 4 is 15.9 Å². The molecule has 96 valence electrons. The van der Waals surface area contributed by atoms with E-state index in [-0.39, 0.29) is 10.0 Å². The summed E-state index contributed by atoms with van der Waals surface area (Å²) in [5.41, 5.74) is -1.63. The fourth-order valence-corrected chi connectivity index (χ4v) is 2.49. The summed E-state index contributed by atoms with van der Waals surface area (Å²) in [5.74, 6) is -1.38. The Morgan fingerprint density at radius 2 is 1.71 bits per heavy atom. The highest BCUT2D eigenvalue weighted by atomic mass is 79.9. The van der Waals surface area contributed by atoms with Crippen molar-refractivity contribution in [1.29, 1.82) is 0 Å². The Morgan fingerprint density at radius 1 is 1.18 bits per heavy atom. The fourth-order valence-electron chi connectivity index (χ4n) is 2.16. The zero-order valence-electron chi connectivity index (χ0n) is 10.1. The third-order valence-electron chi connectivity index (χ3n) is 2.84. The number of hydrogen-bond donors (Lipinski definition) is 1. The van der Waals surface area contributed by atoms with Gasteiger partial charge in [-0.25, -0.2) is 8.78 Å². The number of rotatable bonds is 5. The quantitative estimate of drug-likeness (QED) is 0.793. The molecule has 17 heavy (non-hydrogen) atoms. The van der Waals surface area contributed by atoms with Crippen LogP contribution in [0.15, 0.2) is 16.6 Å². The van der Waals surface area contributed by atoms with Gasteiger partial charge in [0.2, 0.25) is 0 Å². The van der Waals surface area contributed by atoms with E-state index < -0.39 is 17.2 Å². The lowest BCUT2D eigenvalue weighted by molar-refractivity contribution is 0.00993. The number of benzene rings is 1. The van der Waals surface area contributed by atoms with Gasteiger partial charge in [0.15, 0.2) is 0 Å². The van der Waals surface area contributed by atoms with Gasteiger partial charge in [-0.2, -0.15) is 0 Å². The number of hydrogen-bond acceptors (Lipinski definition) is 1. The fraction of sp³-hybridized carbons (Fsp3) is 0.538. The predicted octanol–water partition coefficient (Wildman–Crippen LogP) is 4.52. The Labute approximate surface area is 109 Å². The highest BCUT2D eigenvalue weighted by Crippen LogP contribution is 2.37. The monoisotopic (exact) mass is 306 g/mol. The maximum absolute atomic E-state index is 14.0. The van der Waals surface area contributed by atoms with Crippen molar-refractivity contribution in [3.63, 3.8) is 0 Å². The molecule has 1 aromatic rings. The second-order valence-corrected chi connectivity index (χ2v) is 5.10. The van der Waals surface area contributed by atoms with Crippen LogP contribution >= 0.6 is 15.9 Å². The molecule has 0 aliphatic heterocycles. The van der Waals surface area contributed by atoms with E-state index in [9.17, 15) is 13.9 Å². The highest BCUT2D eigenvalue weighted by Gasteiger charge is 2.34. The standard InChI is InChI=1S/C13H17BrF2O/c1-3-7-13(17,8-4-2)11-10(15)6-5-9(14)12(11)16/h5-6,17H,3-4,7-8H2,1-2H3. The summed E-state index contributed by atoms with van der Waals surface area (Å²) < 4.78 is 27.9. The van der Waals surface area contributed by atoms with Gasteiger partial charge in [0, 0.05) is 0 Å². The Kier molecular flexibility index (Phi) is 5.07. The summed E-state index contributed by atoms with van der Waals surface area (Å²) in [6.07, 6.45) is 2.04. The second kappa shape index (κ2) is 5.91. The number of aliphatic hydroxyl groups is 1. The van der Waals surface area contributed by atoms with Gasteiger partial charge in [-0.05, 0) is 40.9 Å². The molecule has 0 aliphatic rings. The zero-order valence-corrected chi connectivity index (χ0v) is 11.7. The van der Waals surface area contributed by atoms with Crippen LogP contribution in [0, 0.1) is 11.6 Å². The molecule has 1 rings (SSSR count). The number of halogens is 3. The van der Waals surface area contributed by atoms with Crippen molar-refractivity contribution in [2.45, 2.75) is 45.1 Å². The average Bonchev–Trinajstić information content (AvgIpc) is 2.24. The van der Waals surface area contributed by atoms with Crippen LogP contribution in [0.3, 0.4) is 0 Å². The first-order valence-corrected chi connectivity index (χ1v) is 6.62. The molecule has 0 atom stereocenters. The lowest BCUT2D eigenvalue weighted by atomic mass is 9.84. The summed E-state index contributed by atoms with van der Waals surface area (Å²) in [6.45, 7) is 3.77. The third kappa shape index (κ3) is 3.05. The summed E-state index contributed by atoms with van der Waals surface area (Å²) in [4.78, 5) is 0. The van der Waals surface area contributed by atoms with Gasteiger partial charge >= 0.3 is 0 Å². The van der Waals surface area contributed by atoms with E-state index in [1.165, 1.54) is 12.1 Å². The Morgan fingerprint density at radius 3 is 2.18 bits per heavy atom. The van der Waals surface area contributed by atoms with E-state index in [1.807, 2.05) is 13.8 Å². The van der Waals surface area contributed by atoms with Gasteiger partial charge in [0.05, 0.1) is 15.6 Å². The zero-order chi connectivity index (χ0) is 13.1. The van der Waals surface area contributed by atoms with Crippen molar-refractivity contribution in [2.75, 3.05) is 0 Å². The summed E-state index contributed by atoms with van der Waals surface area (Å²) in [6, 6.07) is 2.49. The molecule has 0 radical (unpaired) electrons. The molecule has 0 saturated heterocycles. The molecule has 1 aromatic carbocycles. The molecule has 0 aliphatic carbocycles. The van der Waals surface area contributed by atoms with Crippen LogP contribution in [-0.2, 0) is 5.60 Å². The van der Waals surface area contributed by atoms with E-state index in [4.69, 9.17) is 0 Å². The molecule has 4 heteroatoms. The predicted molar refractivity (Wildman–Crippen MR) is 67.8 cm³/mol. The summed E-state index contributed by atoms with van der Waals surface area (Å²) in [5, 5.41) is 10.5. The molecule has 0 bridgehead atoms. The van der Waals surface area contributed by atoms with E-state index in [1.54, 1.807) is 0 Å². The molecule has 0 fully saturated rings. The second-order valence-electron chi connectivity index (χ2n) is 4.25. The topological polar surface area (TPSA) is 20.2 Å². The van der Waals surface area contributed by atoms with Crippen molar-refractivity contribution in [3.8, 4) is 0 Å². The molecular weight excluding hydrogens is 290 g/mol. The normalized spacial score (nSPS) is 11.9. The Bertz CT molecular complexity index is 387. The van der Waals surface area contributed by atoms with Crippen LogP contribution in [0.4, 0.5) is 8.78 Å². The van der Waals surface area contributed by atoms with Gasteiger partial charge in [0.1, 0.15) is 11.6 Å². The van der Waals surface area contributed by atoms with Crippen molar-refractivity contribution in [3.05, 3.63) is 33.8 Å². The SMILES string of the molecule is CCCC(O)(CCC)c1c(F)ccc(Br)c1F. The molecule has 1 nitrogen and oxygen atoms in total. The van der Waals surface area contributed by atoms with Crippen LogP contribution in [0.25, 0.3) is 0 Å². The minimum absolute atomic E-state index is 0.180. The van der Waals surface area contributed by atoms with Gasteiger partial charge in [-0.1, -0.05) is 26.7 Å². The van der Waals surface area contributed by atoms with Gasteiger partial charge in [0.25, 0.3) is 0 Å². The highest BCUT2D eigenvalue weighted by molar-refractivity contribution is 9.10. The van der Waals surface area contributed by atoms with Gasteiger partial charge in [-0.15, -0.1) is 0 Å². The maximum atomic E-state index is 14.0. The first kappa shape index (κ1) is 14.6. The minimum atomic E-state index is -1.42. The van der Waals surface area contributed by atoms with E-state index in [0.717, 1.165) is 0 Å². The van der Waals surface area contributed by atoms with Crippen LogP contribution in [0.2, 0.25) is 0 Å². The summed E-state index contributed by atoms with van der Waals surface area (Å²) >= 11 is 3.02. The van der Waals surface area contributed by atoms with Gasteiger partial charge in [-0.3, -0.25) is 0 Å². The van der Waals surface area contributed by atoms with Crippen molar-refractivity contribution in [1.82, 2.24) is 0 Å². The molecule has 1 N–H and O–H groups in total. The first-order valence-electron chi connectivity index (χ1n) is 5.82. The lowest BCUT2D eigenvalue weighted by Gasteiger charge is -2.29. The Hall–Kier alpha value is -0.480. The summed E-state index contributed by atoms with van der Waals surface area (Å²) in [7, 11) is 0. The van der Waals surface area contributed by atoms with Crippen LogP contribution < -0.4 is 0 Å². The Balaban J connectivity index is 3.31. The van der Waals surface area contributed by atoms with Crippen LogP contribution in [0.5, 0.6) is 0 Å². The molecule has 0 saturated carbocycles. The van der Waals surface area contributed by atoms with Crippen LogP contribution in [-0.4, -0.2) is 5.11 Å². The molecule has 0 amide bonds.